The molecule has 0 spiro atoms. The number of aromatic nitrogens is 3. The van der Waals surface area contributed by atoms with Crippen LogP contribution in [0.15, 0.2) is 73.3 Å². The Balaban J connectivity index is 1.67. The second kappa shape index (κ2) is 6.75. The fraction of sp³-hybridized carbons (Fsp3) is 0.100. The minimum Gasteiger partial charge on any atom is -0.491 e. The highest BCUT2D eigenvalue weighted by molar-refractivity contribution is 5.83. The van der Waals surface area contributed by atoms with Crippen molar-refractivity contribution in [3.8, 4) is 22.6 Å². The van der Waals surface area contributed by atoms with Crippen LogP contribution in [0.5, 0.6) is 5.75 Å². The highest BCUT2D eigenvalue weighted by Gasteiger charge is 2.07. The second-order valence-corrected chi connectivity index (χ2v) is 5.63. The Labute approximate surface area is 145 Å². The Morgan fingerprint density at radius 1 is 1.00 bits per heavy atom. The van der Waals surface area contributed by atoms with Crippen LogP contribution in [-0.2, 0) is 0 Å². The molecule has 124 valence electrons. The molecule has 4 aromatic rings. The van der Waals surface area contributed by atoms with Crippen LogP contribution < -0.4 is 4.74 Å². The smallest absolute Gasteiger partial charge is 0.119 e. The molecule has 0 bridgehead atoms. The number of pyridine rings is 1. The highest BCUT2D eigenvalue weighted by atomic mass is 16.5. The van der Waals surface area contributed by atoms with Gasteiger partial charge in [0.25, 0.3) is 0 Å². The minimum absolute atomic E-state index is 0.00712. The summed E-state index contributed by atoms with van der Waals surface area (Å²) < 4.78 is 7.44. The van der Waals surface area contributed by atoms with Crippen LogP contribution in [-0.4, -0.2) is 32.9 Å². The first-order valence-corrected chi connectivity index (χ1v) is 8.07. The van der Waals surface area contributed by atoms with Gasteiger partial charge in [0.15, 0.2) is 0 Å². The Bertz CT molecular complexity index is 979. The first-order valence-electron chi connectivity index (χ1n) is 8.07. The van der Waals surface area contributed by atoms with Gasteiger partial charge in [-0.2, -0.15) is 0 Å². The van der Waals surface area contributed by atoms with Crippen LogP contribution in [0.25, 0.3) is 27.8 Å². The molecule has 0 aliphatic heterocycles. The SMILES string of the molecule is OCCOc1ccc(-n2cnc3cc(-c4cccnc4)ccc32)cc1. The second-order valence-electron chi connectivity index (χ2n) is 5.63. The van der Waals surface area contributed by atoms with Crippen molar-refractivity contribution in [3.05, 3.63) is 73.3 Å². The van der Waals surface area contributed by atoms with E-state index in [0.29, 0.717) is 6.61 Å². The van der Waals surface area contributed by atoms with E-state index in [2.05, 4.69) is 28.2 Å². The minimum atomic E-state index is 0.00712. The Morgan fingerprint density at radius 3 is 2.64 bits per heavy atom. The van der Waals surface area contributed by atoms with E-state index in [1.54, 1.807) is 6.20 Å². The summed E-state index contributed by atoms with van der Waals surface area (Å²) in [6, 6.07) is 17.9. The summed E-state index contributed by atoms with van der Waals surface area (Å²) in [6.45, 7) is 0.303. The molecule has 0 amide bonds. The molecule has 5 heteroatoms. The molecule has 2 aromatic carbocycles. The van der Waals surface area contributed by atoms with E-state index in [1.807, 2.05) is 53.5 Å². The molecule has 0 saturated heterocycles. The van der Waals surface area contributed by atoms with Gasteiger partial charge in [0.1, 0.15) is 18.7 Å². The van der Waals surface area contributed by atoms with E-state index in [9.17, 15) is 0 Å². The molecule has 0 radical (unpaired) electrons. The number of aliphatic hydroxyl groups is 1. The van der Waals surface area contributed by atoms with Crippen LogP contribution in [0, 0.1) is 0 Å². The predicted octanol–water partition coefficient (Wildman–Crippen LogP) is 3.46. The lowest BCUT2D eigenvalue weighted by atomic mass is 10.1. The van der Waals surface area contributed by atoms with Crippen LogP contribution in [0.3, 0.4) is 0 Å². The van der Waals surface area contributed by atoms with Crippen LogP contribution in [0.2, 0.25) is 0 Å². The van der Waals surface area contributed by atoms with Crippen molar-refractivity contribution in [3.63, 3.8) is 0 Å². The van der Waals surface area contributed by atoms with Gasteiger partial charge >= 0.3 is 0 Å². The van der Waals surface area contributed by atoms with Gasteiger partial charge in [0.05, 0.1) is 17.6 Å². The summed E-state index contributed by atoms with van der Waals surface area (Å²) >= 11 is 0. The van der Waals surface area contributed by atoms with Crippen LogP contribution >= 0.6 is 0 Å². The number of fused-ring (bicyclic) bond motifs is 1. The number of benzene rings is 2. The van der Waals surface area contributed by atoms with E-state index in [-0.39, 0.29) is 6.61 Å². The Morgan fingerprint density at radius 2 is 1.88 bits per heavy atom. The van der Waals surface area contributed by atoms with Crippen molar-refractivity contribution >= 4 is 11.0 Å². The van der Waals surface area contributed by atoms with Gasteiger partial charge in [-0.25, -0.2) is 4.98 Å². The molecule has 5 nitrogen and oxygen atoms in total. The number of hydrogen-bond acceptors (Lipinski definition) is 4. The summed E-state index contributed by atoms with van der Waals surface area (Å²) in [5.41, 5.74) is 5.15. The number of hydrogen-bond donors (Lipinski definition) is 1. The zero-order chi connectivity index (χ0) is 17.1. The van der Waals surface area contributed by atoms with Gasteiger partial charge in [0.2, 0.25) is 0 Å². The molecular formula is C20H17N3O2. The van der Waals surface area contributed by atoms with Crippen molar-refractivity contribution in [1.29, 1.82) is 0 Å². The van der Waals surface area contributed by atoms with E-state index in [4.69, 9.17) is 9.84 Å². The largest absolute Gasteiger partial charge is 0.491 e. The topological polar surface area (TPSA) is 60.2 Å². The lowest BCUT2D eigenvalue weighted by Gasteiger charge is -2.08. The summed E-state index contributed by atoms with van der Waals surface area (Å²) in [5, 5.41) is 8.81. The first kappa shape index (κ1) is 15.4. The molecule has 0 aliphatic carbocycles. The zero-order valence-electron chi connectivity index (χ0n) is 13.5. The molecule has 4 rings (SSSR count). The maximum atomic E-state index is 8.81. The first-order chi connectivity index (χ1) is 12.3. The Kier molecular flexibility index (Phi) is 4.14. The van der Waals surface area contributed by atoms with Gasteiger partial charge in [0, 0.05) is 23.6 Å². The molecule has 25 heavy (non-hydrogen) atoms. The highest BCUT2D eigenvalue weighted by Crippen LogP contribution is 2.25. The summed E-state index contributed by atoms with van der Waals surface area (Å²) in [6.07, 6.45) is 5.44. The van der Waals surface area contributed by atoms with E-state index >= 15 is 0 Å². The monoisotopic (exact) mass is 331 g/mol. The molecule has 0 atom stereocenters. The average molecular weight is 331 g/mol. The molecular weight excluding hydrogens is 314 g/mol. The molecule has 0 saturated carbocycles. The quantitative estimate of drug-likeness (QED) is 0.608. The summed E-state index contributed by atoms with van der Waals surface area (Å²) in [4.78, 5) is 8.70. The summed E-state index contributed by atoms with van der Waals surface area (Å²) in [7, 11) is 0. The molecule has 0 aliphatic rings. The van der Waals surface area contributed by atoms with E-state index in [0.717, 1.165) is 33.6 Å². The van der Waals surface area contributed by atoms with Gasteiger partial charge in [-0.15, -0.1) is 0 Å². The fourth-order valence-electron chi connectivity index (χ4n) is 2.80. The van der Waals surface area contributed by atoms with E-state index < -0.39 is 0 Å². The number of aliphatic hydroxyl groups excluding tert-OH is 1. The molecule has 2 heterocycles. The number of nitrogens with zero attached hydrogens (tertiary/aromatic N) is 3. The van der Waals surface area contributed by atoms with Crippen LogP contribution in [0.1, 0.15) is 0 Å². The maximum Gasteiger partial charge on any atom is 0.119 e. The normalized spacial score (nSPS) is 10.9. The van der Waals surface area contributed by atoms with Gasteiger partial charge in [-0.1, -0.05) is 12.1 Å². The maximum absolute atomic E-state index is 8.81. The van der Waals surface area contributed by atoms with Crippen molar-refractivity contribution in [2.75, 3.05) is 13.2 Å². The fourth-order valence-corrected chi connectivity index (χ4v) is 2.80. The lowest BCUT2D eigenvalue weighted by Crippen LogP contribution is -2.01. The third-order valence-electron chi connectivity index (χ3n) is 4.02. The van der Waals surface area contributed by atoms with Crippen molar-refractivity contribution in [2.45, 2.75) is 0 Å². The number of ether oxygens (including phenoxy) is 1. The number of rotatable bonds is 5. The third kappa shape index (κ3) is 3.09. The van der Waals surface area contributed by atoms with E-state index in [1.165, 1.54) is 0 Å². The molecule has 1 N–H and O–H groups in total. The van der Waals surface area contributed by atoms with Crippen molar-refractivity contribution in [2.24, 2.45) is 0 Å². The lowest BCUT2D eigenvalue weighted by molar-refractivity contribution is 0.201. The standard InChI is InChI=1S/C20H17N3O2/c24-10-11-25-18-6-4-17(5-7-18)23-14-22-19-12-15(3-8-20(19)23)16-2-1-9-21-13-16/h1-9,12-14,24H,10-11H2. The van der Waals surface area contributed by atoms with Crippen LogP contribution in [0.4, 0.5) is 0 Å². The van der Waals surface area contributed by atoms with Crippen molar-refractivity contribution in [1.82, 2.24) is 14.5 Å². The van der Waals surface area contributed by atoms with Gasteiger partial charge in [-0.3, -0.25) is 9.55 Å². The molecule has 2 aromatic heterocycles. The van der Waals surface area contributed by atoms with Gasteiger partial charge in [-0.05, 0) is 48.0 Å². The third-order valence-corrected chi connectivity index (χ3v) is 4.02. The molecule has 0 unspecified atom stereocenters. The predicted molar refractivity (Wildman–Crippen MR) is 96.9 cm³/mol. The van der Waals surface area contributed by atoms with Gasteiger partial charge < -0.3 is 9.84 Å². The zero-order valence-corrected chi connectivity index (χ0v) is 13.5. The average Bonchev–Trinajstić information content (AvgIpc) is 3.10. The van der Waals surface area contributed by atoms with Crippen molar-refractivity contribution < 1.29 is 9.84 Å². The Hall–Kier alpha value is -3.18. The number of imidazole rings is 1. The molecule has 0 fully saturated rings. The summed E-state index contributed by atoms with van der Waals surface area (Å²) in [5.74, 6) is 0.737.